The molecule has 0 atom stereocenters. The van der Waals surface area contributed by atoms with Crippen molar-refractivity contribution in [3.8, 4) is 17.2 Å². The van der Waals surface area contributed by atoms with Crippen molar-refractivity contribution in [3.63, 3.8) is 0 Å². The van der Waals surface area contributed by atoms with Crippen molar-refractivity contribution < 1.29 is 27.4 Å². The molecule has 35 heavy (non-hydrogen) atoms. The number of rotatable bonds is 11. The Morgan fingerprint density at radius 2 is 1.66 bits per heavy atom. The van der Waals surface area contributed by atoms with E-state index in [0.29, 0.717) is 41.5 Å². The van der Waals surface area contributed by atoms with E-state index in [0.717, 1.165) is 17.6 Å². The summed E-state index contributed by atoms with van der Waals surface area (Å²) in [6.07, 6.45) is 1.13. The van der Waals surface area contributed by atoms with Crippen molar-refractivity contribution in [2.45, 2.75) is 13.5 Å². The van der Waals surface area contributed by atoms with E-state index in [-0.39, 0.29) is 12.5 Å². The second-order valence-electron chi connectivity index (χ2n) is 7.87. The summed E-state index contributed by atoms with van der Waals surface area (Å²) in [6, 6.07) is 19.4. The van der Waals surface area contributed by atoms with Crippen molar-refractivity contribution in [3.05, 3.63) is 83.4 Å². The maximum Gasteiger partial charge on any atom is 0.251 e. The van der Waals surface area contributed by atoms with Crippen LogP contribution in [0.5, 0.6) is 17.2 Å². The Morgan fingerprint density at radius 1 is 0.943 bits per heavy atom. The highest BCUT2D eigenvalue weighted by atomic mass is 32.2. The Hall–Kier alpha value is -3.72. The summed E-state index contributed by atoms with van der Waals surface area (Å²) in [4.78, 5) is 12.5. The van der Waals surface area contributed by atoms with Gasteiger partial charge in [0, 0.05) is 11.6 Å². The Bertz CT molecular complexity index is 1260. The van der Waals surface area contributed by atoms with Gasteiger partial charge in [-0.25, -0.2) is 8.42 Å². The van der Waals surface area contributed by atoms with Crippen molar-refractivity contribution in [2.24, 2.45) is 0 Å². The minimum absolute atomic E-state index is 0.0640. The van der Waals surface area contributed by atoms with Crippen LogP contribution in [-0.2, 0) is 16.6 Å². The first kappa shape index (κ1) is 25.9. The smallest absolute Gasteiger partial charge is 0.251 e. The monoisotopic (exact) mass is 498 g/mol. The highest BCUT2D eigenvalue weighted by Gasteiger charge is 2.22. The fourth-order valence-corrected chi connectivity index (χ4v) is 4.33. The highest BCUT2D eigenvalue weighted by Crippen LogP contribution is 2.34. The molecule has 0 fully saturated rings. The first-order valence-corrected chi connectivity index (χ1v) is 12.8. The number of hydrogen-bond donors (Lipinski definition) is 1. The Balaban J connectivity index is 1.66. The lowest BCUT2D eigenvalue weighted by Gasteiger charge is -2.25. The van der Waals surface area contributed by atoms with Crippen LogP contribution in [0.4, 0.5) is 5.69 Å². The number of carbonyl (C=O) groups excluding carboxylic acids is 1. The highest BCUT2D eigenvalue weighted by molar-refractivity contribution is 7.92. The predicted octanol–water partition coefficient (Wildman–Crippen LogP) is 3.79. The van der Waals surface area contributed by atoms with E-state index in [1.807, 2.05) is 31.2 Å². The van der Waals surface area contributed by atoms with Crippen LogP contribution in [0.1, 0.15) is 21.5 Å². The zero-order chi connectivity index (χ0) is 25.4. The number of methoxy groups -OCH3 is 2. The molecule has 0 unspecified atom stereocenters. The number of nitrogens with one attached hydrogen (secondary N) is 1. The SMILES string of the molecule is COc1ccc(OC)c(N(Cc2ccc(C(=O)NCCOc3ccccc3C)cc2)S(C)(=O)=O)c1. The zero-order valence-electron chi connectivity index (χ0n) is 20.3. The molecule has 8 nitrogen and oxygen atoms in total. The number of hydrogen-bond acceptors (Lipinski definition) is 6. The van der Waals surface area contributed by atoms with Gasteiger partial charge in [0.25, 0.3) is 5.91 Å². The Kier molecular flexibility index (Phi) is 8.59. The number of aryl methyl sites for hydroxylation is 1. The van der Waals surface area contributed by atoms with Crippen LogP contribution >= 0.6 is 0 Å². The van der Waals surface area contributed by atoms with Gasteiger partial charge in [0.05, 0.1) is 39.3 Å². The lowest BCUT2D eigenvalue weighted by Crippen LogP contribution is -2.30. The number of benzene rings is 3. The summed E-state index contributed by atoms with van der Waals surface area (Å²) in [5, 5.41) is 2.83. The third-order valence-electron chi connectivity index (χ3n) is 5.34. The van der Waals surface area contributed by atoms with Gasteiger partial charge in [0.1, 0.15) is 23.9 Å². The van der Waals surface area contributed by atoms with E-state index in [1.54, 1.807) is 42.5 Å². The standard InChI is InChI=1S/C26H30N2O6S/c1-19-7-5-6-8-24(19)34-16-15-27-26(29)21-11-9-20(10-12-21)18-28(35(4,30)31)23-17-22(32-2)13-14-25(23)33-3/h5-14,17H,15-16,18H2,1-4H3,(H,27,29). The first-order valence-electron chi connectivity index (χ1n) is 11.0. The van der Waals surface area contributed by atoms with Gasteiger partial charge in [-0.15, -0.1) is 0 Å². The molecule has 0 aliphatic rings. The molecule has 0 bridgehead atoms. The molecular formula is C26H30N2O6S. The van der Waals surface area contributed by atoms with Crippen LogP contribution in [0, 0.1) is 6.92 Å². The molecule has 0 saturated heterocycles. The molecule has 3 rings (SSSR count). The quantitative estimate of drug-likeness (QED) is 0.404. The van der Waals surface area contributed by atoms with Crippen molar-refractivity contribution in [2.75, 3.05) is 37.9 Å². The number of amides is 1. The minimum atomic E-state index is -3.64. The molecule has 1 N–H and O–H groups in total. The van der Waals surface area contributed by atoms with Crippen molar-refractivity contribution >= 4 is 21.6 Å². The predicted molar refractivity (Wildman–Crippen MR) is 136 cm³/mol. The molecule has 3 aromatic carbocycles. The molecule has 1 amide bonds. The first-order chi connectivity index (χ1) is 16.7. The lowest BCUT2D eigenvalue weighted by molar-refractivity contribution is 0.0947. The van der Waals surface area contributed by atoms with E-state index in [2.05, 4.69) is 5.32 Å². The van der Waals surface area contributed by atoms with E-state index in [4.69, 9.17) is 14.2 Å². The fourth-order valence-electron chi connectivity index (χ4n) is 3.45. The molecule has 0 spiro atoms. The number of carbonyl (C=O) groups is 1. The second kappa shape index (κ2) is 11.6. The zero-order valence-corrected chi connectivity index (χ0v) is 21.1. The molecule has 0 aromatic heterocycles. The minimum Gasteiger partial charge on any atom is -0.497 e. The van der Waals surface area contributed by atoms with E-state index in [9.17, 15) is 13.2 Å². The average molecular weight is 499 g/mol. The molecule has 0 saturated carbocycles. The van der Waals surface area contributed by atoms with E-state index in [1.165, 1.54) is 18.5 Å². The van der Waals surface area contributed by atoms with Gasteiger partial charge in [-0.1, -0.05) is 30.3 Å². The number of anilines is 1. The van der Waals surface area contributed by atoms with Gasteiger partial charge >= 0.3 is 0 Å². The van der Waals surface area contributed by atoms with Gasteiger partial charge in [-0.05, 0) is 48.4 Å². The van der Waals surface area contributed by atoms with Crippen LogP contribution in [0.25, 0.3) is 0 Å². The summed E-state index contributed by atoms with van der Waals surface area (Å²) in [5.41, 5.74) is 2.57. The molecule has 186 valence electrons. The van der Waals surface area contributed by atoms with Crippen LogP contribution < -0.4 is 23.8 Å². The Labute approximate surface area is 206 Å². The summed E-state index contributed by atoms with van der Waals surface area (Å²) in [7, 11) is -0.650. The summed E-state index contributed by atoms with van der Waals surface area (Å²) >= 11 is 0. The van der Waals surface area contributed by atoms with Crippen molar-refractivity contribution in [1.82, 2.24) is 5.32 Å². The molecular weight excluding hydrogens is 468 g/mol. The average Bonchev–Trinajstić information content (AvgIpc) is 2.85. The number of nitrogens with zero attached hydrogens (tertiary/aromatic N) is 1. The molecule has 9 heteroatoms. The summed E-state index contributed by atoms with van der Waals surface area (Å²) in [5.74, 6) is 1.46. The van der Waals surface area contributed by atoms with Gasteiger partial charge in [0.2, 0.25) is 10.0 Å². The van der Waals surface area contributed by atoms with Crippen LogP contribution in [-0.4, -0.2) is 48.0 Å². The molecule has 0 heterocycles. The maximum absolute atomic E-state index is 12.6. The summed E-state index contributed by atoms with van der Waals surface area (Å²) in [6.45, 7) is 2.73. The maximum atomic E-state index is 12.6. The van der Waals surface area contributed by atoms with Gasteiger partial charge in [-0.3, -0.25) is 9.10 Å². The molecule has 0 radical (unpaired) electrons. The largest absolute Gasteiger partial charge is 0.497 e. The van der Waals surface area contributed by atoms with E-state index < -0.39 is 10.0 Å². The fraction of sp³-hybridized carbons (Fsp3) is 0.269. The topological polar surface area (TPSA) is 94.2 Å². The van der Waals surface area contributed by atoms with Crippen LogP contribution in [0.2, 0.25) is 0 Å². The van der Waals surface area contributed by atoms with Crippen LogP contribution in [0.3, 0.4) is 0 Å². The van der Waals surface area contributed by atoms with Crippen molar-refractivity contribution in [1.29, 1.82) is 0 Å². The molecule has 0 aliphatic carbocycles. The Morgan fingerprint density at radius 3 is 2.29 bits per heavy atom. The lowest BCUT2D eigenvalue weighted by atomic mass is 10.1. The number of sulfonamides is 1. The summed E-state index contributed by atoms with van der Waals surface area (Å²) < 4.78 is 42.8. The number of ether oxygens (including phenoxy) is 3. The molecule has 0 aliphatic heterocycles. The third kappa shape index (κ3) is 6.89. The molecule has 3 aromatic rings. The van der Waals surface area contributed by atoms with Crippen LogP contribution in [0.15, 0.2) is 66.7 Å². The number of para-hydroxylation sites is 1. The second-order valence-corrected chi connectivity index (χ2v) is 9.78. The third-order valence-corrected chi connectivity index (χ3v) is 6.46. The normalized spacial score (nSPS) is 11.0. The van der Waals surface area contributed by atoms with Gasteiger partial charge in [-0.2, -0.15) is 0 Å². The van der Waals surface area contributed by atoms with E-state index >= 15 is 0 Å². The van der Waals surface area contributed by atoms with Gasteiger partial charge < -0.3 is 19.5 Å². The van der Waals surface area contributed by atoms with Gasteiger partial charge in [0.15, 0.2) is 0 Å².